The summed E-state index contributed by atoms with van der Waals surface area (Å²) in [4.78, 5) is 26.3. The molecule has 0 rings (SSSR count). The van der Waals surface area contributed by atoms with Crippen LogP contribution in [0.3, 0.4) is 0 Å². The molecule has 0 aliphatic heterocycles. The first-order chi connectivity index (χ1) is 32.5. The van der Waals surface area contributed by atoms with Gasteiger partial charge in [-0.15, -0.1) is 0 Å². The van der Waals surface area contributed by atoms with Crippen LogP contribution in [0.25, 0.3) is 0 Å². The second-order valence-corrected chi connectivity index (χ2v) is 20.4. The lowest BCUT2D eigenvalue weighted by Crippen LogP contribution is -2.46. The van der Waals surface area contributed by atoms with Crippen LogP contribution in [-0.2, 0) is 14.3 Å². The Morgan fingerprint density at radius 3 is 1.08 bits per heavy atom. The van der Waals surface area contributed by atoms with E-state index >= 15 is 0 Å². The fraction of sp³-hybridized carbons (Fsp3) is 0.900. The Morgan fingerprint density at radius 1 is 0.424 bits per heavy atom. The van der Waals surface area contributed by atoms with E-state index in [0.717, 1.165) is 57.8 Å². The van der Waals surface area contributed by atoms with Crippen LogP contribution in [0, 0.1) is 0 Å². The zero-order chi connectivity index (χ0) is 48.1. The average molecular weight is 931 g/mol. The highest BCUT2D eigenvalue weighted by molar-refractivity contribution is 5.77. The summed E-state index contributed by atoms with van der Waals surface area (Å²) in [7, 11) is 0. The second-order valence-electron chi connectivity index (χ2n) is 20.4. The molecule has 3 N–H and O–H groups in total. The van der Waals surface area contributed by atoms with Crippen molar-refractivity contribution in [2.45, 2.75) is 341 Å². The monoisotopic (exact) mass is 930 g/mol. The lowest BCUT2D eigenvalue weighted by atomic mass is 10.0. The number of esters is 1. The van der Waals surface area contributed by atoms with Gasteiger partial charge in [-0.25, -0.2) is 0 Å². The number of aliphatic hydroxyl groups is 2. The molecular weight excluding hydrogens is 815 g/mol. The smallest absolute Gasteiger partial charge is 0.306 e. The Kier molecular flexibility index (Phi) is 52.9. The van der Waals surface area contributed by atoms with Crippen LogP contribution >= 0.6 is 0 Å². The Balaban J connectivity index is 4.53. The SMILES string of the molecule is CCCCCCCC/C=C/CCCCCCCCCC(=O)OC(CCCCCCC/C=C/CCCCCCCC)CC(=O)NC(CO)C(O)CCCCCCCCCCCCCCCCC. The van der Waals surface area contributed by atoms with Crippen molar-refractivity contribution >= 4 is 11.9 Å². The van der Waals surface area contributed by atoms with E-state index in [4.69, 9.17) is 4.74 Å². The van der Waals surface area contributed by atoms with Crippen LogP contribution < -0.4 is 5.32 Å². The molecule has 6 heteroatoms. The standard InChI is InChI=1S/C60H115NO5/c1-4-7-10-13-16-19-22-25-28-29-32-35-38-41-44-47-50-53-60(65)66-56(51-48-45-42-39-36-33-30-26-23-20-17-14-11-8-5-2)54-59(64)61-57(55-62)58(63)52-49-46-43-40-37-34-31-27-24-21-18-15-12-9-6-3/h25-26,28,30,56-58,62-63H,4-24,27,29,31-55H2,1-3H3,(H,61,64)/b28-25+,30-26+. The number of allylic oxidation sites excluding steroid dienone is 4. The molecule has 0 spiro atoms. The number of unbranched alkanes of at least 4 members (excludes halogenated alkanes) is 38. The van der Waals surface area contributed by atoms with Crippen molar-refractivity contribution < 1.29 is 24.5 Å². The Hall–Kier alpha value is -1.66. The molecule has 0 bridgehead atoms. The molecule has 6 nitrogen and oxygen atoms in total. The third kappa shape index (κ3) is 48.8. The first kappa shape index (κ1) is 64.3. The van der Waals surface area contributed by atoms with Crippen molar-refractivity contribution in [1.29, 1.82) is 0 Å². The molecule has 0 heterocycles. The molecule has 3 unspecified atom stereocenters. The molecule has 0 aromatic rings. The third-order valence-electron chi connectivity index (χ3n) is 13.8. The van der Waals surface area contributed by atoms with Gasteiger partial charge in [0.25, 0.3) is 0 Å². The maximum Gasteiger partial charge on any atom is 0.306 e. The molecule has 0 saturated heterocycles. The third-order valence-corrected chi connectivity index (χ3v) is 13.8. The van der Waals surface area contributed by atoms with E-state index in [1.807, 2.05) is 0 Å². The molecule has 390 valence electrons. The van der Waals surface area contributed by atoms with E-state index in [-0.39, 0.29) is 24.9 Å². The topological polar surface area (TPSA) is 95.9 Å². The lowest BCUT2D eigenvalue weighted by Gasteiger charge is -2.24. The maximum atomic E-state index is 13.3. The van der Waals surface area contributed by atoms with Crippen LogP contribution in [-0.4, -0.2) is 46.9 Å². The van der Waals surface area contributed by atoms with Crippen LogP contribution in [0.4, 0.5) is 0 Å². The minimum Gasteiger partial charge on any atom is -0.462 e. The summed E-state index contributed by atoms with van der Waals surface area (Å²) in [6.45, 7) is 6.51. The number of amides is 1. The van der Waals surface area contributed by atoms with Crippen LogP contribution in [0.5, 0.6) is 0 Å². The molecule has 0 aromatic carbocycles. The van der Waals surface area contributed by atoms with Gasteiger partial charge in [0.15, 0.2) is 0 Å². The van der Waals surface area contributed by atoms with Crippen molar-refractivity contribution in [2.24, 2.45) is 0 Å². The summed E-state index contributed by atoms with van der Waals surface area (Å²) in [5, 5.41) is 23.9. The number of carbonyl (C=O) groups is 2. The maximum absolute atomic E-state index is 13.3. The summed E-state index contributed by atoms with van der Waals surface area (Å²) in [6, 6.07) is -0.702. The van der Waals surface area contributed by atoms with Gasteiger partial charge in [-0.1, -0.05) is 257 Å². The van der Waals surface area contributed by atoms with Gasteiger partial charge >= 0.3 is 5.97 Å². The summed E-state index contributed by atoms with van der Waals surface area (Å²) >= 11 is 0. The van der Waals surface area contributed by atoms with E-state index < -0.39 is 18.2 Å². The fourth-order valence-corrected chi connectivity index (χ4v) is 9.25. The number of nitrogens with one attached hydrogen (secondary N) is 1. The minimum absolute atomic E-state index is 0.0750. The van der Waals surface area contributed by atoms with Gasteiger partial charge in [-0.2, -0.15) is 0 Å². The highest BCUT2D eigenvalue weighted by Crippen LogP contribution is 2.19. The predicted octanol–water partition coefficient (Wildman–Crippen LogP) is 18.2. The largest absolute Gasteiger partial charge is 0.462 e. The number of hydrogen-bond acceptors (Lipinski definition) is 5. The number of ether oxygens (including phenoxy) is 1. The summed E-state index contributed by atoms with van der Waals surface area (Å²) in [6.07, 6.45) is 63.8. The molecule has 0 radical (unpaired) electrons. The van der Waals surface area contributed by atoms with Crippen LogP contribution in [0.1, 0.15) is 323 Å². The van der Waals surface area contributed by atoms with Crippen molar-refractivity contribution in [1.82, 2.24) is 5.32 Å². The molecule has 0 aliphatic carbocycles. The number of carbonyl (C=O) groups excluding carboxylic acids is 2. The van der Waals surface area contributed by atoms with Crippen LogP contribution in [0.2, 0.25) is 0 Å². The predicted molar refractivity (Wildman–Crippen MR) is 287 cm³/mol. The summed E-state index contributed by atoms with van der Waals surface area (Å²) < 4.78 is 5.96. The Bertz CT molecular complexity index is 1040. The molecule has 0 fully saturated rings. The van der Waals surface area contributed by atoms with Crippen molar-refractivity contribution in [3.8, 4) is 0 Å². The molecule has 0 aliphatic rings. The lowest BCUT2D eigenvalue weighted by molar-refractivity contribution is -0.151. The Labute approximate surface area is 411 Å². The van der Waals surface area contributed by atoms with Gasteiger partial charge in [0.05, 0.1) is 25.2 Å². The first-order valence-corrected chi connectivity index (χ1v) is 29.6. The summed E-state index contributed by atoms with van der Waals surface area (Å²) in [5.41, 5.74) is 0. The van der Waals surface area contributed by atoms with Crippen LogP contribution in [0.15, 0.2) is 24.3 Å². The van der Waals surface area contributed by atoms with E-state index in [2.05, 4.69) is 50.4 Å². The zero-order valence-electron chi connectivity index (χ0n) is 44.6. The molecule has 66 heavy (non-hydrogen) atoms. The molecule has 0 aromatic heterocycles. The van der Waals surface area contributed by atoms with E-state index in [0.29, 0.717) is 19.3 Å². The average Bonchev–Trinajstić information content (AvgIpc) is 3.31. The zero-order valence-corrected chi connectivity index (χ0v) is 44.6. The van der Waals surface area contributed by atoms with Gasteiger partial charge in [0.1, 0.15) is 6.10 Å². The van der Waals surface area contributed by atoms with Gasteiger partial charge in [-0.3, -0.25) is 9.59 Å². The van der Waals surface area contributed by atoms with E-state index in [1.165, 1.54) is 218 Å². The summed E-state index contributed by atoms with van der Waals surface area (Å²) in [5.74, 6) is -0.469. The molecule has 0 saturated carbocycles. The number of rotatable bonds is 54. The fourth-order valence-electron chi connectivity index (χ4n) is 9.25. The molecule has 1 amide bonds. The first-order valence-electron chi connectivity index (χ1n) is 29.6. The van der Waals surface area contributed by atoms with Gasteiger partial charge in [0.2, 0.25) is 5.91 Å². The van der Waals surface area contributed by atoms with E-state index in [1.54, 1.807) is 0 Å². The van der Waals surface area contributed by atoms with E-state index in [9.17, 15) is 19.8 Å². The van der Waals surface area contributed by atoms with Crippen molar-refractivity contribution in [2.75, 3.05) is 6.61 Å². The minimum atomic E-state index is -0.788. The highest BCUT2D eigenvalue weighted by Gasteiger charge is 2.24. The normalized spacial score (nSPS) is 13.2. The van der Waals surface area contributed by atoms with Crippen molar-refractivity contribution in [3.05, 3.63) is 24.3 Å². The quantitative estimate of drug-likeness (QED) is 0.0321. The number of hydrogen-bond donors (Lipinski definition) is 3. The van der Waals surface area contributed by atoms with Crippen molar-refractivity contribution in [3.63, 3.8) is 0 Å². The highest BCUT2D eigenvalue weighted by atomic mass is 16.5. The molecular formula is C60H115NO5. The number of aliphatic hydroxyl groups excluding tert-OH is 2. The van der Waals surface area contributed by atoms with Gasteiger partial charge < -0.3 is 20.3 Å². The second kappa shape index (κ2) is 54.3. The van der Waals surface area contributed by atoms with Gasteiger partial charge in [0, 0.05) is 6.42 Å². The molecule has 3 atom stereocenters. The van der Waals surface area contributed by atoms with Gasteiger partial charge in [-0.05, 0) is 77.0 Å². The Morgan fingerprint density at radius 2 is 0.727 bits per heavy atom.